The number of anilines is 1. The molecule has 0 aliphatic carbocycles. The van der Waals surface area contributed by atoms with Crippen molar-refractivity contribution in [2.24, 2.45) is 0 Å². The Morgan fingerprint density at radius 3 is 2.71 bits per heavy atom. The fourth-order valence-electron chi connectivity index (χ4n) is 2.73. The zero-order chi connectivity index (χ0) is 14.7. The first-order valence-electron chi connectivity index (χ1n) is 7.20. The highest BCUT2D eigenvalue weighted by atomic mass is 79.9. The van der Waals surface area contributed by atoms with E-state index >= 15 is 0 Å². The van der Waals surface area contributed by atoms with Crippen molar-refractivity contribution in [3.63, 3.8) is 0 Å². The molecule has 2 nitrogen and oxygen atoms in total. The van der Waals surface area contributed by atoms with Gasteiger partial charge in [0.25, 0.3) is 0 Å². The first-order chi connectivity index (χ1) is 10.3. The van der Waals surface area contributed by atoms with Crippen molar-refractivity contribution in [2.45, 2.75) is 25.9 Å². The molecule has 2 heterocycles. The molecule has 0 spiro atoms. The first-order valence-corrected chi connectivity index (χ1v) is 8.88. The molecule has 0 bridgehead atoms. The molecule has 1 aromatic heterocycles. The predicted molar refractivity (Wildman–Crippen MR) is 90.4 cm³/mol. The second kappa shape index (κ2) is 6.90. The lowest BCUT2D eigenvalue weighted by Crippen LogP contribution is -2.22. The molecular weight excluding hydrogens is 351 g/mol. The Labute approximate surface area is 137 Å². The van der Waals surface area contributed by atoms with E-state index in [2.05, 4.69) is 31.5 Å². The maximum atomic E-state index is 14.2. The maximum absolute atomic E-state index is 14.2. The molecule has 2 aromatic rings. The molecule has 1 N–H and O–H groups in total. The van der Waals surface area contributed by atoms with E-state index in [1.54, 1.807) is 17.4 Å². The van der Waals surface area contributed by atoms with Crippen molar-refractivity contribution in [2.75, 3.05) is 18.0 Å². The van der Waals surface area contributed by atoms with Crippen LogP contribution in [0.2, 0.25) is 0 Å². The smallest absolute Gasteiger partial charge is 0.129 e. The van der Waals surface area contributed by atoms with Gasteiger partial charge in [0.1, 0.15) is 5.82 Å². The van der Waals surface area contributed by atoms with Gasteiger partial charge in [0.15, 0.2) is 0 Å². The van der Waals surface area contributed by atoms with Crippen LogP contribution in [0.15, 0.2) is 34.1 Å². The topological polar surface area (TPSA) is 15.3 Å². The van der Waals surface area contributed by atoms with E-state index in [0.717, 1.165) is 35.4 Å². The van der Waals surface area contributed by atoms with Gasteiger partial charge >= 0.3 is 0 Å². The number of hydrogen-bond acceptors (Lipinski definition) is 3. The predicted octanol–water partition coefficient (Wildman–Crippen LogP) is 4.54. The molecule has 21 heavy (non-hydrogen) atoms. The van der Waals surface area contributed by atoms with Crippen LogP contribution in [-0.4, -0.2) is 13.1 Å². The molecule has 3 rings (SSSR count). The van der Waals surface area contributed by atoms with Crippen LogP contribution >= 0.6 is 27.3 Å². The normalized spacial score (nSPS) is 14.9. The first kappa shape index (κ1) is 15.0. The van der Waals surface area contributed by atoms with Crippen LogP contribution in [0.25, 0.3) is 0 Å². The SMILES string of the molecule is Fc1cccc(N2CCCC2)c1CNCc1sccc1Br. The molecule has 112 valence electrons. The Balaban J connectivity index is 1.70. The van der Waals surface area contributed by atoms with Crippen LogP contribution in [0.5, 0.6) is 0 Å². The lowest BCUT2D eigenvalue weighted by Gasteiger charge is -2.22. The van der Waals surface area contributed by atoms with E-state index in [1.165, 1.54) is 17.7 Å². The summed E-state index contributed by atoms with van der Waals surface area (Å²) in [6, 6.07) is 7.44. The van der Waals surface area contributed by atoms with Crippen molar-refractivity contribution in [3.8, 4) is 0 Å². The van der Waals surface area contributed by atoms with Gasteiger partial charge in [0.05, 0.1) is 0 Å². The highest BCUT2D eigenvalue weighted by Gasteiger charge is 2.17. The second-order valence-corrected chi connectivity index (χ2v) is 7.08. The molecule has 0 atom stereocenters. The molecule has 1 fully saturated rings. The van der Waals surface area contributed by atoms with Crippen LogP contribution in [0.3, 0.4) is 0 Å². The summed E-state index contributed by atoms with van der Waals surface area (Å²) in [6.07, 6.45) is 2.40. The molecule has 1 aliphatic rings. The Bertz CT molecular complexity index is 608. The number of halogens is 2. The lowest BCUT2D eigenvalue weighted by atomic mass is 10.1. The molecule has 0 saturated carbocycles. The Morgan fingerprint density at radius 1 is 1.19 bits per heavy atom. The minimum atomic E-state index is -0.114. The Morgan fingerprint density at radius 2 is 2.00 bits per heavy atom. The molecule has 1 aliphatic heterocycles. The average Bonchev–Trinajstić information content (AvgIpc) is 3.13. The molecular formula is C16H18BrFN2S. The number of nitrogens with one attached hydrogen (secondary N) is 1. The number of nitrogens with zero attached hydrogens (tertiary/aromatic N) is 1. The second-order valence-electron chi connectivity index (χ2n) is 5.23. The minimum absolute atomic E-state index is 0.114. The van der Waals surface area contributed by atoms with Gasteiger partial charge in [-0.2, -0.15) is 0 Å². The minimum Gasteiger partial charge on any atom is -0.371 e. The van der Waals surface area contributed by atoms with Crippen LogP contribution < -0.4 is 10.2 Å². The zero-order valence-corrected chi connectivity index (χ0v) is 14.1. The van der Waals surface area contributed by atoms with E-state index in [9.17, 15) is 4.39 Å². The summed E-state index contributed by atoms with van der Waals surface area (Å²) in [7, 11) is 0. The van der Waals surface area contributed by atoms with Gasteiger partial charge in [-0.05, 0) is 52.4 Å². The summed E-state index contributed by atoms with van der Waals surface area (Å²) in [6.45, 7) is 3.38. The molecule has 0 radical (unpaired) electrons. The van der Waals surface area contributed by atoms with Crippen LogP contribution in [0.1, 0.15) is 23.3 Å². The van der Waals surface area contributed by atoms with Gasteiger partial charge in [-0.3, -0.25) is 0 Å². The highest BCUT2D eigenvalue weighted by Crippen LogP contribution is 2.27. The Hall–Kier alpha value is -0.910. The van der Waals surface area contributed by atoms with E-state index in [4.69, 9.17) is 0 Å². The quantitative estimate of drug-likeness (QED) is 0.833. The third kappa shape index (κ3) is 3.47. The molecule has 1 aromatic carbocycles. The average molecular weight is 369 g/mol. The van der Waals surface area contributed by atoms with Gasteiger partial charge in [-0.1, -0.05) is 6.07 Å². The summed E-state index contributed by atoms with van der Waals surface area (Å²) in [5, 5.41) is 5.42. The summed E-state index contributed by atoms with van der Waals surface area (Å²) in [5.74, 6) is -0.114. The summed E-state index contributed by atoms with van der Waals surface area (Å²) >= 11 is 5.23. The Kier molecular flexibility index (Phi) is 4.93. The van der Waals surface area contributed by atoms with Crippen LogP contribution in [0, 0.1) is 5.82 Å². The van der Waals surface area contributed by atoms with Crippen molar-refractivity contribution in [1.29, 1.82) is 0 Å². The standard InChI is InChI=1S/C16H18BrFN2S/c17-13-6-9-21-16(13)11-19-10-12-14(18)4-3-5-15(12)20-7-1-2-8-20/h3-6,9,19H,1-2,7-8,10-11H2. The molecule has 5 heteroatoms. The summed E-state index contributed by atoms with van der Waals surface area (Å²) in [4.78, 5) is 3.54. The molecule has 0 amide bonds. The van der Waals surface area contributed by atoms with Gasteiger partial charge < -0.3 is 10.2 Å². The van der Waals surface area contributed by atoms with Gasteiger partial charge in [0.2, 0.25) is 0 Å². The molecule has 1 saturated heterocycles. The molecule has 0 unspecified atom stereocenters. The number of rotatable bonds is 5. The van der Waals surface area contributed by atoms with E-state index in [0.29, 0.717) is 6.54 Å². The van der Waals surface area contributed by atoms with Crippen molar-refractivity contribution in [3.05, 3.63) is 50.4 Å². The highest BCUT2D eigenvalue weighted by molar-refractivity contribution is 9.10. The van der Waals surface area contributed by atoms with Gasteiger partial charge in [0, 0.05) is 46.8 Å². The summed E-state index contributed by atoms with van der Waals surface area (Å²) < 4.78 is 15.3. The van der Waals surface area contributed by atoms with Gasteiger partial charge in [-0.15, -0.1) is 11.3 Å². The number of thiophene rings is 1. The van der Waals surface area contributed by atoms with Crippen LogP contribution in [0.4, 0.5) is 10.1 Å². The lowest BCUT2D eigenvalue weighted by molar-refractivity contribution is 0.588. The van der Waals surface area contributed by atoms with Gasteiger partial charge in [-0.25, -0.2) is 4.39 Å². The zero-order valence-electron chi connectivity index (χ0n) is 11.7. The third-order valence-corrected chi connectivity index (χ3v) is 5.75. The fourth-order valence-corrected chi connectivity index (χ4v) is 4.19. The fraction of sp³-hybridized carbons (Fsp3) is 0.375. The van der Waals surface area contributed by atoms with Crippen molar-refractivity contribution < 1.29 is 4.39 Å². The van der Waals surface area contributed by atoms with E-state index in [1.807, 2.05) is 18.2 Å². The largest absolute Gasteiger partial charge is 0.371 e. The van der Waals surface area contributed by atoms with Crippen LogP contribution in [-0.2, 0) is 13.1 Å². The van der Waals surface area contributed by atoms with E-state index < -0.39 is 0 Å². The van der Waals surface area contributed by atoms with Crippen molar-refractivity contribution in [1.82, 2.24) is 5.32 Å². The summed E-state index contributed by atoms with van der Waals surface area (Å²) in [5.41, 5.74) is 1.83. The third-order valence-electron chi connectivity index (χ3n) is 3.82. The maximum Gasteiger partial charge on any atom is 0.129 e. The number of benzene rings is 1. The monoisotopic (exact) mass is 368 g/mol. The number of hydrogen-bond donors (Lipinski definition) is 1. The van der Waals surface area contributed by atoms with Crippen molar-refractivity contribution >= 4 is 33.0 Å². The van der Waals surface area contributed by atoms with E-state index in [-0.39, 0.29) is 5.82 Å².